The molecule has 0 aromatic heterocycles. The summed E-state index contributed by atoms with van der Waals surface area (Å²) in [5, 5.41) is 10.9. The molecule has 0 aliphatic carbocycles. The summed E-state index contributed by atoms with van der Waals surface area (Å²) < 4.78 is 45.8. The van der Waals surface area contributed by atoms with Crippen LogP contribution in [-0.2, 0) is 30.2 Å². The molecule has 1 saturated heterocycles. The Kier molecular flexibility index (Phi) is 4.38. The van der Waals surface area contributed by atoms with E-state index >= 15 is 0 Å². The van der Waals surface area contributed by atoms with Crippen molar-refractivity contribution < 1.29 is 31.3 Å². The van der Waals surface area contributed by atoms with Gasteiger partial charge in [0.05, 0.1) is 24.1 Å². The van der Waals surface area contributed by atoms with Gasteiger partial charge < -0.3 is 10.4 Å². The minimum atomic E-state index is -3.36. The van der Waals surface area contributed by atoms with Gasteiger partial charge in [0.2, 0.25) is 0 Å². The molecule has 1 unspecified atom stereocenters. The molecule has 16 heavy (non-hydrogen) atoms. The lowest BCUT2D eigenvalue weighted by Gasteiger charge is -2.16. The first-order chi connectivity index (χ1) is 7.30. The predicted octanol–water partition coefficient (Wildman–Crippen LogP) is -2.02. The topological polar surface area (TPSA) is 130 Å². The number of sulfone groups is 1. The highest BCUT2D eigenvalue weighted by atomic mass is 32.2. The highest BCUT2D eigenvalue weighted by Gasteiger charge is 2.39. The Hall–Kier alpha value is -0.550. The first-order valence-corrected chi connectivity index (χ1v) is 7.09. The third-order valence-electron chi connectivity index (χ3n) is 2.02. The SMILES string of the molecule is O=C(O)CN[C@@H]1CS(=O)(=O)C[C@H]1OS(=O)O. The van der Waals surface area contributed by atoms with Crippen LogP contribution in [0.4, 0.5) is 0 Å². The molecule has 0 aromatic carbocycles. The van der Waals surface area contributed by atoms with Crippen LogP contribution in [0.1, 0.15) is 0 Å². The lowest BCUT2D eigenvalue weighted by atomic mass is 10.2. The number of carboxylic acid groups (broad SMARTS) is 1. The Morgan fingerprint density at radius 3 is 2.62 bits per heavy atom. The average Bonchev–Trinajstić information content (AvgIpc) is 2.36. The second-order valence-electron chi connectivity index (χ2n) is 3.31. The van der Waals surface area contributed by atoms with Crippen molar-refractivity contribution in [3.05, 3.63) is 0 Å². The monoisotopic (exact) mass is 273 g/mol. The van der Waals surface area contributed by atoms with Crippen LogP contribution in [0.5, 0.6) is 0 Å². The first kappa shape index (κ1) is 13.5. The second kappa shape index (κ2) is 5.19. The maximum absolute atomic E-state index is 11.2. The molecular weight excluding hydrogens is 262 g/mol. The van der Waals surface area contributed by atoms with E-state index in [0.717, 1.165) is 0 Å². The lowest BCUT2D eigenvalue weighted by molar-refractivity contribution is -0.136. The molecule has 1 aliphatic heterocycles. The summed E-state index contributed by atoms with van der Waals surface area (Å²) >= 11 is -2.58. The molecule has 0 radical (unpaired) electrons. The van der Waals surface area contributed by atoms with Crippen LogP contribution in [-0.4, -0.2) is 58.5 Å². The molecule has 1 heterocycles. The fraction of sp³-hybridized carbons (Fsp3) is 0.833. The molecule has 0 amide bonds. The number of carboxylic acids is 1. The molecule has 0 aromatic rings. The number of rotatable bonds is 5. The average molecular weight is 273 g/mol. The number of nitrogens with one attached hydrogen (secondary N) is 1. The van der Waals surface area contributed by atoms with Gasteiger partial charge in [-0.15, -0.1) is 0 Å². The summed E-state index contributed by atoms with van der Waals surface area (Å²) in [5.41, 5.74) is 0. The number of aliphatic carboxylic acids is 1. The van der Waals surface area contributed by atoms with Gasteiger partial charge in [-0.25, -0.2) is 8.42 Å². The van der Waals surface area contributed by atoms with E-state index in [2.05, 4.69) is 9.50 Å². The van der Waals surface area contributed by atoms with Crippen LogP contribution in [0.25, 0.3) is 0 Å². The van der Waals surface area contributed by atoms with E-state index in [0.29, 0.717) is 0 Å². The van der Waals surface area contributed by atoms with Gasteiger partial charge in [0, 0.05) is 0 Å². The van der Waals surface area contributed by atoms with Crippen LogP contribution in [0.2, 0.25) is 0 Å². The second-order valence-corrected chi connectivity index (χ2v) is 6.09. The van der Waals surface area contributed by atoms with Gasteiger partial charge in [-0.05, 0) is 0 Å². The van der Waals surface area contributed by atoms with Gasteiger partial charge in [0.25, 0.3) is 0 Å². The quantitative estimate of drug-likeness (QED) is 0.489. The van der Waals surface area contributed by atoms with Crippen LogP contribution >= 0.6 is 0 Å². The Labute approximate surface area is 94.4 Å². The largest absolute Gasteiger partial charge is 0.480 e. The highest BCUT2D eigenvalue weighted by Crippen LogP contribution is 2.16. The number of hydrogen-bond donors (Lipinski definition) is 3. The lowest BCUT2D eigenvalue weighted by Crippen LogP contribution is -2.43. The van der Waals surface area contributed by atoms with E-state index in [1.54, 1.807) is 0 Å². The standard InChI is InChI=1S/C6H11NO7S2/c8-6(9)1-7-4-2-16(12,13)3-5(4)14-15(10)11/h4-5,7H,1-3H2,(H,8,9)(H,10,11)/t4-,5-/m1/s1. The van der Waals surface area contributed by atoms with Crippen molar-refractivity contribution in [3.8, 4) is 0 Å². The molecular formula is C6H11NO7S2. The van der Waals surface area contributed by atoms with E-state index < -0.39 is 51.6 Å². The van der Waals surface area contributed by atoms with Gasteiger partial charge in [0.1, 0.15) is 6.10 Å². The molecule has 1 aliphatic rings. The molecule has 0 spiro atoms. The molecule has 94 valence electrons. The molecule has 10 heteroatoms. The zero-order valence-electron chi connectivity index (χ0n) is 8.03. The van der Waals surface area contributed by atoms with E-state index in [1.165, 1.54) is 0 Å². The van der Waals surface area contributed by atoms with Crippen LogP contribution in [0.15, 0.2) is 0 Å². The fourth-order valence-electron chi connectivity index (χ4n) is 1.42. The van der Waals surface area contributed by atoms with Crippen molar-refractivity contribution in [1.29, 1.82) is 0 Å². The van der Waals surface area contributed by atoms with Crippen molar-refractivity contribution in [2.24, 2.45) is 0 Å². The van der Waals surface area contributed by atoms with Crippen molar-refractivity contribution in [3.63, 3.8) is 0 Å². The molecule has 3 atom stereocenters. The Morgan fingerprint density at radius 2 is 2.12 bits per heavy atom. The summed E-state index contributed by atoms with van der Waals surface area (Å²) in [6.07, 6.45) is -1.00. The predicted molar refractivity (Wildman–Crippen MR) is 53.7 cm³/mol. The van der Waals surface area contributed by atoms with Crippen LogP contribution in [0, 0.1) is 0 Å². The van der Waals surface area contributed by atoms with E-state index in [4.69, 9.17) is 9.66 Å². The number of carbonyl (C=O) groups is 1. The van der Waals surface area contributed by atoms with Crippen LogP contribution < -0.4 is 5.32 Å². The molecule has 3 N–H and O–H groups in total. The first-order valence-electron chi connectivity index (χ1n) is 4.24. The Bertz CT molecular complexity index is 392. The van der Waals surface area contributed by atoms with E-state index in [9.17, 15) is 17.4 Å². The maximum Gasteiger partial charge on any atom is 0.317 e. The zero-order chi connectivity index (χ0) is 12.3. The Balaban J connectivity index is 2.64. The smallest absolute Gasteiger partial charge is 0.317 e. The third kappa shape index (κ3) is 4.14. The molecule has 1 fully saturated rings. The van der Waals surface area contributed by atoms with Gasteiger partial charge in [-0.3, -0.25) is 13.5 Å². The van der Waals surface area contributed by atoms with Crippen molar-refractivity contribution in [1.82, 2.24) is 5.32 Å². The highest BCUT2D eigenvalue weighted by molar-refractivity contribution is 7.91. The summed E-state index contributed by atoms with van der Waals surface area (Å²) in [7, 11) is -3.36. The summed E-state index contributed by atoms with van der Waals surface area (Å²) in [4.78, 5) is 10.3. The summed E-state index contributed by atoms with van der Waals surface area (Å²) in [6.45, 7) is -0.432. The van der Waals surface area contributed by atoms with Crippen molar-refractivity contribution >= 4 is 27.2 Å². The normalized spacial score (nSPS) is 30.1. The van der Waals surface area contributed by atoms with Gasteiger partial charge >= 0.3 is 17.3 Å². The van der Waals surface area contributed by atoms with Crippen molar-refractivity contribution in [2.45, 2.75) is 12.1 Å². The third-order valence-corrected chi connectivity index (χ3v) is 4.14. The fourth-order valence-corrected chi connectivity index (χ4v) is 3.74. The minimum Gasteiger partial charge on any atom is -0.480 e. The molecule has 8 nitrogen and oxygen atoms in total. The number of hydrogen-bond acceptors (Lipinski definition) is 6. The zero-order valence-corrected chi connectivity index (χ0v) is 9.66. The maximum atomic E-state index is 11.2. The van der Waals surface area contributed by atoms with Crippen molar-refractivity contribution in [2.75, 3.05) is 18.1 Å². The molecule has 0 bridgehead atoms. The minimum absolute atomic E-state index is 0.303. The Morgan fingerprint density at radius 1 is 1.50 bits per heavy atom. The van der Waals surface area contributed by atoms with Gasteiger partial charge in [0.15, 0.2) is 9.84 Å². The summed E-state index contributed by atoms with van der Waals surface area (Å²) in [5.74, 6) is -1.84. The molecule has 1 rings (SSSR count). The summed E-state index contributed by atoms with van der Waals surface area (Å²) in [6, 6.07) is -0.780. The van der Waals surface area contributed by atoms with Gasteiger partial charge in [-0.1, -0.05) is 0 Å². The van der Waals surface area contributed by atoms with E-state index in [1.807, 2.05) is 0 Å². The van der Waals surface area contributed by atoms with Gasteiger partial charge in [-0.2, -0.15) is 4.21 Å². The van der Waals surface area contributed by atoms with E-state index in [-0.39, 0.29) is 5.75 Å². The molecule has 0 saturated carbocycles. The van der Waals surface area contributed by atoms with Crippen LogP contribution in [0.3, 0.4) is 0 Å².